The van der Waals surface area contributed by atoms with Gasteiger partial charge in [0.15, 0.2) is 23.2 Å². The van der Waals surface area contributed by atoms with Crippen molar-refractivity contribution in [2.45, 2.75) is 37.0 Å². The summed E-state index contributed by atoms with van der Waals surface area (Å²) in [6.45, 7) is 0.290. The van der Waals surface area contributed by atoms with Crippen molar-refractivity contribution >= 4 is 17.0 Å². The molecule has 0 bridgehead atoms. The lowest BCUT2D eigenvalue weighted by Gasteiger charge is -2.28. The molecule has 5 atom stereocenters. The van der Waals surface area contributed by atoms with E-state index in [-0.39, 0.29) is 5.65 Å². The van der Waals surface area contributed by atoms with Crippen LogP contribution in [-0.2, 0) is 4.74 Å². The monoisotopic (exact) mass is 384 g/mol. The van der Waals surface area contributed by atoms with Crippen LogP contribution in [0.5, 0.6) is 0 Å². The Morgan fingerprint density at radius 3 is 2.81 bits per heavy atom. The first kappa shape index (κ1) is 19.1. The van der Waals surface area contributed by atoms with E-state index in [0.717, 1.165) is 10.8 Å². The highest BCUT2D eigenvalue weighted by Gasteiger charge is 2.56. The molecule has 0 spiro atoms. The molecule has 2 aromatic rings. The summed E-state index contributed by atoms with van der Waals surface area (Å²) in [6.07, 6.45) is -4.47. The predicted molar refractivity (Wildman–Crippen MR) is 90.8 cm³/mol. The number of alkyl halides is 1. The first-order valence-corrected chi connectivity index (χ1v) is 7.83. The highest BCUT2D eigenvalue weighted by Crippen LogP contribution is 2.39. The number of ether oxygens (including phenoxy) is 1. The predicted octanol–water partition coefficient (Wildman–Crippen LogP) is -2.06. The van der Waals surface area contributed by atoms with Crippen LogP contribution >= 0.6 is 0 Å². The summed E-state index contributed by atoms with van der Waals surface area (Å²) in [5, 5.41) is 19.9. The number of aromatic nitrogens is 3. The Balaban J connectivity index is 2.26. The lowest BCUT2D eigenvalue weighted by Crippen LogP contribution is -2.54. The fraction of sp³-hybridized carbons (Fsp3) is 0.467. The topological polar surface area (TPSA) is 168 Å². The van der Waals surface area contributed by atoms with E-state index in [1.807, 2.05) is 0 Å². The summed E-state index contributed by atoms with van der Waals surface area (Å²) in [5.74, 6) is 8.51. The molecule has 10 nitrogen and oxygen atoms in total. The van der Waals surface area contributed by atoms with Crippen molar-refractivity contribution in [2.24, 2.45) is 5.73 Å². The number of rotatable bonds is 2. The van der Waals surface area contributed by atoms with Gasteiger partial charge in [0.1, 0.15) is 24.3 Å². The minimum absolute atomic E-state index is 0.253. The molecule has 1 saturated heterocycles. The standard InChI is InChI=1S/C15H18F2N6O4/c1-6(24)9-10(25)15(19,3-2-4-16)13(27-9)22-5-7(17)8-11(22)21-14(18)23(20)12(8)26/h5-6,9-10,13,24-25H,4,19-20H2,1H3,(H2,18,21)/t6-,9-,10?,13-,15-/m1/s1. The Kier molecular flexibility index (Phi) is 4.56. The van der Waals surface area contributed by atoms with E-state index in [1.54, 1.807) is 0 Å². The normalized spacial score (nSPS) is 28.9. The van der Waals surface area contributed by atoms with Crippen LogP contribution in [0, 0.1) is 17.7 Å². The van der Waals surface area contributed by atoms with E-state index < -0.39 is 59.5 Å². The van der Waals surface area contributed by atoms with Crippen LogP contribution in [0.2, 0.25) is 0 Å². The Morgan fingerprint density at radius 1 is 1.56 bits per heavy atom. The van der Waals surface area contributed by atoms with Crippen molar-refractivity contribution in [3.05, 3.63) is 22.4 Å². The third-order valence-corrected chi connectivity index (χ3v) is 4.45. The SMILES string of the molecule is C[C@@H](O)[C@H]1O[C@@H](n2cc(F)c3c(=O)n(N)c(N)nc32)[C@@](N)(C#CCF)C1O. The molecule has 3 heterocycles. The molecule has 8 N–H and O–H groups in total. The van der Waals surface area contributed by atoms with Gasteiger partial charge in [0.05, 0.1) is 6.10 Å². The van der Waals surface area contributed by atoms with E-state index in [4.69, 9.17) is 22.0 Å². The average Bonchev–Trinajstić information content (AvgIpc) is 3.06. The third kappa shape index (κ3) is 2.72. The van der Waals surface area contributed by atoms with Crippen LogP contribution in [0.25, 0.3) is 11.0 Å². The minimum Gasteiger partial charge on any atom is -0.391 e. The molecule has 3 rings (SSSR count). The van der Waals surface area contributed by atoms with Crippen LogP contribution in [0.15, 0.2) is 11.0 Å². The van der Waals surface area contributed by atoms with Crippen molar-refractivity contribution in [2.75, 3.05) is 18.3 Å². The van der Waals surface area contributed by atoms with Crippen LogP contribution in [-0.4, -0.2) is 55.0 Å². The molecular weight excluding hydrogens is 366 g/mol. The van der Waals surface area contributed by atoms with Gasteiger partial charge in [-0.2, -0.15) is 9.66 Å². The molecule has 0 aromatic carbocycles. The molecule has 27 heavy (non-hydrogen) atoms. The Bertz CT molecular complexity index is 1010. The second-order valence-corrected chi connectivity index (χ2v) is 6.23. The van der Waals surface area contributed by atoms with Crippen molar-refractivity contribution in [1.29, 1.82) is 0 Å². The molecule has 2 aromatic heterocycles. The molecule has 1 unspecified atom stereocenters. The zero-order valence-electron chi connectivity index (χ0n) is 14.1. The summed E-state index contributed by atoms with van der Waals surface area (Å²) >= 11 is 0. The zero-order valence-corrected chi connectivity index (χ0v) is 14.1. The Hall–Kier alpha value is -2.72. The van der Waals surface area contributed by atoms with Crippen LogP contribution in [0.4, 0.5) is 14.7 Å². The molecule has 1 aliphatic rings. The number of anilines is 1. The number of nitrogens with two attached hydrogens (primary N) is 3. The molecule has 0 radical (unpaired) electrons. The van der Waals surface area contributed by atoms with E-state index in [9.17, 15) is 23.8 Å². The molecule has 1 aliphatic heterocycles. The van der Waals surface area contributed by atoms with E-state index in [1.165, 1.54) is 6.92 Å². The number of aliphatic hydroxyl groups is 2. The highest BCUT2D eigenvalue weighted by molar-refractivity contribution is 5.77. The van der Waals surface area contributed by atoms with Gasteiger partial charge >= 0.3 is 0 Å². The van der Waals surface area contributed by atoms with Gasteiger partial charge in [-0.05, 0) is 6.92 Å². The summed E-state index contributed by atoms with van der Waals surface area (Å²) < 4.78 is 34.1. The van der Waals surface area contributed by atoms with Crippen LogP contribution in [0.3, 0.4) is 0 Å². The van der Waals surface area contributed by atoms with Crippen molar-refractivity contribution in [1.82, 2.24) is 14.2 Å². The number of aliphatic hydroxyl groups excluding tert-OH is 2. The summed E-state index contributed by atoms with van der Waals surface area (Å²) in [5.41, 5.74) is 8.60. The van der Waals surface area contributed by atoms with Gasteiger partial charge in [-0.1, -0.05) is 11.8 Å². The lowest BCUT2D eigenvalue weighted by molar-refractivity contribution is -0.0756. The maximum absolute atomic E-state index is 14.4. The summed E-state index contributed by atoms with van der Waals surface area (Å²) in [4.78, 5) is 16.1. The molecule has 12 heteroatoms. The molecule has 0 amide bonds. The number of nitrogens with zero attached hydrogens (tertiary/aromatic N) is 3. The van der Waals surface area contributed by atoms with Crippen LogP contribution < -0.4 is 22.9 Å². The number of halogens is 2. The zero-order chi connectivity index (χ0) is 20.1. The van der Waals surface area contributed by atoms with E-state index >= 15 is 0 Å². The van der Waals surface area contributed by atoms with Crippen molar-refractivity contribution < 1.29 is 23.7 Å². The van der Waals surface area contributed by atoms with Gasteiger partial charge in [-0.25, -0.2) is 8.78 Å². The largest absolute Gasteiger partial charge is 0.391 e. The van der Waals surface area contributed by atoms with Crippen molar-refractivity contribution in [3.63, 3.8) is 0 Å². The molecule has 0 aliphatic carbocycles. The number of hydrogen-bond acceptors (Lipinski definition) is 8. The quantitative estimate of drug-likeness (QED) is 0.291. The van der Waals surface area contributed by atoms with E-state index in [2.05, 4.69) is 16.8 Å². The van der Waals surface area contributed by atoms with Gasteiger partial charge in [-0.15, -0.1) is 0 Å². The number of fused-ring (bicyclic) bond motifs is 1. The summed E-state index contributed by atoms with van der Waals surface area (Å²) in [7, 11) is 0. The van der Waals surface area contributed by atoms with Gasteiger partial charge in [0.2, 0.25) is 5.95 Å². The third-order valence-electron chi connectivity index (χ3n) is 4.45. The minimum atomic E-state index is -1.93. The maximum atomic E-state index is 14.4. The summed E-state index contributed by atoms with van der Waals surface area (Å²) in [6, 6.07) is 0. The molecular formula is C15H18F2N6O4. The fourth-order valence-corrected chi connectivity index (χ4v) is 3.11. The van der Waals surface area contributed by atoms with Gasteiger partial charge < -0.3 is 32.3 Å². The molecule has 146 valence electrons. The first-order valence-electron chi connectivity index (χ1n) is 7.83. The van der Waals surface area contributed by atoms with Crippen LogP contribution in [0.1, 0.15) is 13.2 Å². The van der Waals surface area contributed by atoms with Gasteiger partial charge in [0.25, 0.3) is 5.56 Å². The van der Waals surface area contributed by atoms with Crippen molar-refractivity contribution in [3.8, 4) is 11.8 Å². The second kappa shape index (κ2) is 6.46. The molecule has 1 fully saturated rings. The lowest BCUT2D eigenvalue weighted by atomic mass is 9.90. The highest BCUT2D eigenvalue weighted by atomic mass is 19.1. The number of hydrogen-bond donors (Lipinski definition) is 5. The molecule has 0 saturated carbocycles. The first-order chi connectivity index (χ1) is 12.6. The van der Waals surface area contributed by atoms with Gasteiger partial charge in [-0.3, -0.25) is 9.36 Å². The van der Waals surface area contributed by atoms with Gasteiger partial charge in [0, 0.05) is 6.20 Å². The average molecular weight is 384 g/mol. The Morgan fingerprint density at radius 2 is 2.22 bits per heavy atom. The Labute approximate surface area is 151 Å². The maximum Gasteiger partial charge on any atom is 0.285 e. The van der Waals surface area contributed by atoms with E-state index in [0.29, 0.717) is 4.68 Å². The number of nitrogen functional groups attached to an aromatic ring is 2. The fourth-order valence-electron chi connectivity index (χ4n) is 3.11. The smallest absolute Gasteiger partial charge is 0.285 e. The second-order valence-electron chi connectivity index (χ2n) is 6.23.